The Morgan fingerprint density at radius 3 is 2.82 bits per heavy atom. The quantitative estimate of drug-likeness (QED) is 0.597. The van der Waals surface area contributed by atoms with Gasteiger partial charge in [0.2, 0.25) is 0 Å². The van der Waals surface area contributed by atoms with E-state index in [1.165, 1.54) is 0 Å². The van der Waals surface area contributed by atoms with Gasteiger partial charge in [-0.3, -0.25) is 0 Å². The maximum atomic E-state index is 13.4. The van der Waals surface area contributed by atoms with Crippen LogP contribution < -0.4 is 0 Å². The molecule has 0 radical (unpaired) electrons. The normalized spacial score (nSPS) is 34.1. The molecule has 1 rings (SSSR count). The van der Waals surface area contributed by atoms with Gasteiger partial charge in [0.25, 0.3) is 0 Å². The minimum absolute atomic E-state index is 0.640. The summed E-state index contributed by atoms with van der Waals surface area (Å²) in [5.41, 5.74) is -0.923. The van der Waals surface area contributed by atoms with Gasteiger partial charge in [-0.25, -0.2) is 4.39 Å². The van der Waals surface area contributed by atoms with Crippen LogP contribution in [0.25, 0.3) is 0 Å². The van der Waals surface area contributed by atoms with Crippen LogP contribution >= 0.6 is 0 Å². The number of hydrogen-bond acceptors (Lipinski definition) is 1. The molecular weight excluding hydrogens is 141 g/mol. The molecule has 1 atom stereocenters. The van der Waals surface area contributed by atoms with Crippen LogP contribution in [0.3, 0.4) is 0 Å². The van der Waals surface area contributed by atoms with Crippen molar-refractivity contribution in [1.82, 2.24) is 4.90 Å². The zero-order valence-corrected chi connectivity index (χ0v) is 7.57. The van der Waals surface area contributed by atoms with E-state index >= 15 is 0 Å². The van der Waals surface area contributed by atoms with Gasteiger partial charge in [0.1, 0.15) is 5.67 Å². The molecule has 1 aliphatic heterocycles. The Labute approximate surface area is 68.6 Å². The zero-order valence-electron chi connectivity index (χ0n) is 7.57. The van der Waals surface area contributed by atoms with E-state index in [9.17, 15) is 4.39 Å². The van der Waals surface area contributed by atoms with Crippen LogP contribution in [0.1, 0.15) is 33.1 Å². The van der Waals surface area contributed by atoms with Gasteiger partial charge in [0.15, 0.2) is 0 Å². The molecule has 11 heavy (non-hydrogen) atoms. The summed E-state index contributed by atoms with van der Waals surface area (Å²) in [6.45, 7) is 6.65. The Hall–Kier alpha value is -0.110. The van der Waals surface area contributed by atoms with Gasteiger partial charge in [0.05, 0.1) is 0 Å². The molecule has 0 aliphatic carbocycles. The van der Waals surface area contributed by atoms with Gasteiger partial charge in [-0.05, 0) is 39.3 Å². The van der Waals surface area contributed by atoms with Gasteiger partial charge < -0.3 is 4.90 Å². The van der Waals surface area contributed by atoms with Crippen molar-refractivity contribution in [2.24, 2.45) is 0 Å². The predicted molar refractivity (Wildman–Crippen MR) is 45.5 cm³/mol. The fourth-order valence-electron chi connectivity index (χ4n) is 1.80. The maximum absolute atomic E-state index is 13.4. The molecule has 0 aromatic rings. The van der Waals surface area contributed by atoms with Crippen LogP contribution in [0.5, 0.6) is 0 Å². The average Bonchev–Trinajstić information content (AvgIpc) is 1.85. The predicted octanol–water partition coefficient (Wildman–Crippen LogP) is 2.22. The highest BCUT2D eigenvalue weighted by Crippen LogP contribution is 2.24. The number of likely N-dealkylation sites (tertiary alicyclic amines) is 1. The summed E-state index contributed by atoms with van der Waals surface area (Å²) in [5, 5.41) is 0. The lowest BCUT2D eigenvalue weighted by Crippen LogP contribution is -2.43. The molecule has 66 valence electrons. The first-order valence-electron chi connectivity index (χ1n) is 4.55. The lowest BCUT2D eigenvalue weighted by molar-refractivity contribution is 0.0607. The second kappa shape index (κ2) is 3.53. The molecule has 0 N–H and O–H groups in total. The molecule has 2 heteroatoms. The van der Waals surface area contributed by atoms with E-state index in [4.69, 9.17) is 0 Å². The molecule has 0 aromatic heterocycles. The van der Waals surface area contributed by atoms with Crippen molar-refractivity contribution < 1.29 is 4.39 Å². The molecule has 1 nitrogen and oxygen atoms in total. The number of hydrogen-bond donors (Lipinski definition) is 0. The third-order valence-electron chi connectivity index (χ3n) is 2.27. The second-order valence-corrected chi connectivity index (χ2v) is 3.79. The first-order valence-corrected chi connectivity index (χ1v) is 4.55. The topological polar surface area (TPSA) is 3.24 Å². The van der Waals surface area contributed by atoms with Crippen LogP contribution in [0, 0.1) is 0 Å². The average molecular weight is 159 g/mol. The SMILES string of the molecule is CCCN1CCCC(C)(F)C1. The van der Waals surface area contributed by atoms with Crippen LogP contribution in [-0.2, 0) is 0 Å². The number of alkyl halides is 1. The summed E-state index contributed by atoms with van der Waals surface area (Å²) in [6.07, 6.45) is 2.90. The molecular formula is C9H18FN. The fraction of sp³-hybridized carbons (Fsp3) is 1.00. The summed E-state index contributed by atoms with van der Waals surface area (Å²) in [4.78, 5) is 2.23. The zero-order chi connectivity index (χ0) is 8.32. The highest BCUT2D eigenvalue weighted by molar-refractivity contribution is 4.82. The number of rotatable bonds is 2. The van der Waals surface area contributed by atoms with Crippen LogP contribution in [0.2, 0.25) is 0 Å². The Bertz CT molecular complexity index is 121. The first-order chi connectivity index (χ1) is 5.14. The van der Waals surface area contributed by atoms with E-state index in [1.807, 2.05) is 0 Å². The summed E-state index contributed by atoms with van der Waals surface area (Å²) in [5.74, 6) is 0. The molecule has 0 aromatic carbocycles. The summed E-state index contributed by atoms with van der Waals surface area (Å²) in [7, 11) is 0. The van der Waals surface area contributed by atoms with Gasteiger partial charge in [-0.1, -0.05) is 6.92 Å². The Balaban J connectivity index is 2.34. The van der Waals surface area contributed by atoms with E-state index in [0.29, 0.717) is 6.54 Å². The molecule has 1 unspecified atom stereocenters. The van der Waals surface area contributed by atoms with Crippen LogP contribution in [0.15, 0.2) is 0 Å². The minimum atomic E-state index is -0.923. The van der Waals surface area contributed by atoms with E-state index in [-0.39, 0.29) is 0 Å². The van der Waals surface area contributed by atoms with Crippen molar-refractivity contribution in [1.29, 1.82) is 0 Å². The maximum Gasteiger partial charge on any atom is 0.120 e. The Morgan fingerprint density at radius 2 is 2.27 bits per heavy atom. The van der Waals surface area contributed by atoms with Crippen molar-refractivity contribution in [3.8, 4) is 0 Å². The van der Waals surface area contributed by atoms with Crippen molar-refractivity contribution >= 4 is 0 Å². The molecule has 1 heterocycles. The van der Waals surface area contributed by atoms with E-state index in [1.54, 1.807) is 6.92 Å². The number of halogens is 1. The van der Waals surface area contributed by atoms with Crippen molar-refractivity contribution in [3.63, 3.8) is 0 Å². The van der Waals surface area contributed by atoms with Crippen molar-refractivity contribution in [2.45, 2.75) is 38.8 Å². The molecule has 0 saturated carbocycles. The summed E-state index contributed by atoms with van der Waals surface area (Å²) < 4.78 is 13.4. The molecule has 0 spiro atoms. The van der Waals surface area contributed by atoms with E-state index < -0.39 is 5.67 Å². The van der Waals surface area contributed by atoms with Gasteiger partial charge in [-0.2, -0.15) is 0 Å². The smallest absolute Gasteiger partial charge is 0.120 e. The summed E-state index contributed by atoms with van der Waals surface area (Å²) in [6, 6.07) is 0. The second-order valence-electron chi connectivity index (χ2n) is 3.79. The Kier molecular flexibility index (Phi) is 2.88. The molecule has 0 bridgehead atoms. The molecule has 1 fully saturated rings. The standard InChI is InChI=1S/C9H18FN/c1-3-6-11-7-4-5-9(2,10)8-11/h3-8H2,1-2H3. The molecule has 1 saturated heterocycles. The van der Waals surface area contributed by atoms with E-state index in [2.05, 4.69) is 11.8 Å². The molecule has 0 amide bonds. The highest BCUT2D eigenvalue weighted by atomic mass is 19.1. The van der Waals surface area contributed by atoms with Gasteiger partial charge in [-0.15, -0.1) is 0 Å². The van der Waals surface area contributed by atoms with Crippen molar-refractivity contribution in [3.05, 3.63) is 0 Å². The first kappa shape index (κ1) is 8.98. The lowest BCUT2D eigenvalue weighted by atomic mass is 9.97. The van der Waals surface area contributed by atoms with Crippen LogP contribution in [-0.4, -0.2) is 30.2 Å². The monoisotopic (exact) mass is 159 g/mol. The minimum Gasteiger partial charge on any atom is -0.300 e. The Morgan fingerprint density at radius 1 is 1.55 bits per heavy atom. The summed E-state index contributed by atoms with van der Waals surface area (Å²) >= 11 is 0. The van der Waals surface area contributed by atoms with Crippen LogP contribution in [0.4, 0.5) is 4.39 Å². The van der Waals surface area contributed by atoms with Gasteiger partial charge in [0, 0.05) is 6.54 Å². The number of piperidine rings is 1. The largest absolute Gasteiger partial charge is 0.300 e. The highest BCUT2D eigenvalue weighted by Gasteiger charge is 2.29. The fourth-order valence-corrected chi connectivity index (χ4v) is 1.80. The molecule has 1 aliphatic rings. The number of nitrogens with zero attached hydrogens (tertiary/aromatic N) is 1. The third-order valence-corrected chi connectivity index (χ3v) is 2.27. The van der Waals surface area contributed by atoms with E-state index in [0.717, 1.165) is 32.4 Å². The van der Waals surface area contributed by atoms with Crippen molar-refractivity contribution in [2.75, 3.05) is 19.6 Å². The van der Waals surface area contributed by atoms with Gasteiger partial charge >= 0.3 is 0 Å². The lowest BCUT2D eigenvalue weighted by Gasteiger charge is -2.34. The third kappa shape index (κ3) is 2.78.